The molecule has 0 bridgehead atoms. The van der Waals surface area contributed by atoms with Gasteiger partial charge in [-0.15, -0.1) is 0 Å². The Morgan fingerprint density at radius 3 is 2.85 bits per heavy atom. The van der Waals surface area contributed by atoms with E-state index < -0.39 is 0 Å². The minimum Gasteiger partial charge on any atom is -0.312 e. The predicted octanol–water partition coefficient (Wildman–Crippen LogP) is 1.72. The quantitative estimate of drug-likeness (QED) is 0.700. The molecule has 13 heavy (non-hydrogen) atoms. The number of hydrogen-bond donors (Lipinski definition) is 1. The van der Waals surface area contributed by atoms with Gasteiger partial charge in [-0.25, -0.2) is 0 Å². The molecule has 0 aliphatic carbocycles. The van der Waals surface area contributed by atoms with Crippen molar-refractivity contribution >= 4 is 0 Å². The van der Waals surface area contributed by atoms with E-state index in [-0.39, 0.29) is 0 Å². The van der Waals surface area contributed by atoms with Gasteiger partial charge in [0.25, 0.3) is 0 Å². The first-order valence-corrected chi connectivity index (χ1v) is 5.64. The van der Waals surface area contributed by atoms with Crippen LogP contribution in [0.3, 0.4) is 0 Å². The third-order valence-corrected chi connectivity index (χ3v) is 2.93. The predicted molar refractivity (Wildman–Crippen MR) is 58.0 cm³/mol. The molecule has 1 aliphatic rings. The van der Waals surface area contributed by atoms with Crippen LogP contribution in [0.2, 0.25) is 0 Å². The summed E-state index contributed by atoms with van der Waals surface area (Å²) in [5.74, 6) is 0.843. The largest absolute Gasteiger partial charge is 0.312 e. The van der Waals surface area contributed by atoms with Crippen molar-refractivity contribution in [2.75, 3.05) is 26.7 Å². The van der Waals surface area contributed by atoms with Crippen LogP contribution in [0, 0.1) is 5.92 Å². The molecular formula is C11H24N2. The van der Waals surface area contributed by atoms with Crippen LogP contribution in [0.25, 0.3) is 0 Å². The van der Waals surface area contributed by atoms with Crippen LogP contribution in [-0.4, -0.2) is 37.6 Å². The molecule has 1 aliphatic heterocycles. The molecule has 0 aromatic rings. The van der Waals surface area contributed by atoms with Crippen LogP contribution in [0.5, 0.6) is 0 Å². The number of nitrogens with one attached hydrogen (secondary N) is 1. The van der Waals surface area contributed by atoms with Crippen molar-refractivity contribution in [1.29, 1.82) is 0 Å². The third kappa shape index (κ3) is 4.10. The maximum Gasteiger partial charge on any atom is 0.0207 e. The highest BCUT2D eigenvalue weighted by atomic mass is 15.2. The van der Waals surface area contributed by atoms with Crippen molar-refractivity contribution in [3.63, 3.8) is 0 Å². The molecule has 0 aromatic heterocycles. The van der Waals surface area contributed by atoms with Crippen molar-refractivity contribution in [3.05, 3.63) is 0 Å². The second-order valence-electron chi connectivity index (χ2n) is 4.55. The highest BCUT2D eigenvalue weighted by Crippen LogP contribution is 2.08. The van der Waals surface area contributed by atoms with E-state index in [1.54, 1.807) is 0 Å². The number of likely N-dealkylation sites (N-methyl/N-ethyl adjacent to an activating group) is 1. The second-order valence-corrected chi connectivity index (χ2v) is 4.55. The summed E-state index contributed by atoms with van der Waals surface area (Å²) in [6.45, 7) is 8.31. The maximum absolute atomic E-state index is 3.65. The van der Waals surface area contributed by atoms with Crippen LogP contribution in [0.15, 0.2) is 0 Å². The van der Waals surface area contributed by atoms with Gasteiger partial charge in [0, 0.05) is 12.6 Å². The Morgan fingerprint density at radius 2 is 2.31 bits per heavy atom. The van der Waals surface area contributed by atoms with Crippen LogP contribution in [-0.2, 0) is 0 Å². The molecule has 1 fully saturated rings. The van der Waals surface area contributed by atoms with Gasteiger partial charge in [0.2, 0.25) is 0 Å². The van der Waals surface area contributed by atoms with Crippen LogP contribution < -0.4 is 5.32 Å². The molecule has 2 heteroatoms. The summed E-state index contributed by atoms with van der Waals surface area (Å²) in [6, 6.07) is 0.754. The molecule has 0 saturated carbocycles. The van der Waals surface area contributed by atoms with Crippen molar-refractivity contribution < 1.29 is 0 Å². The molecule has 2 atom stereocenters. The number of hydrogen-bond acceptors (Lipinski definition) is 2. The first-order chi connectivity index (χ1) is 6.22. The standard InChI is InChI=1S/C11H24N2/c1-4-5-10(2)8-12-11-6-7-13(3)9-11/h10-12H,4-9H2,1-3H3/t10-,11+/m1/s1. The van der Waals surface area contributed by atoms with Crippen molar-refractivity contribution in [2.24, 2.45) is 5.92 Å². The summed E-state index contributed by atoms with van der Waals surface area (Å²) in [5, 5.41) is 3.65. The lowest BCUT2D eigenvalue weighted by Crippen LogP contribution is -2.34. The zero-order valence-corrected chi connectivity index (χ0v) is 9.34. The van der Waals surface area contributed by atoms with Crippen molar-refractivity contribution in [1.82, 2.24) is 10.2 Å². The Hall–Kier alpha value is -0.0800. The molecule has 0 unspecified atom stereocenters. The molecule has 1 heterocycles. The third-order valence-electron chi connectivity index (χ3n) is 2.93. The first kappa shape index (κ1) is 11.0. The summed E-state index contributed by atoms with van der Waals surface area (Å²) in [7, 11) is 2.21. The lowest BCUT2D eigenvalue weighted by atomic mass is 10.1. The number of rotatable bonds is 5. The van der Waals surface area contributed by atoms with E-state index in [0.29, 0.717) is 0 Å². The van der Waals surface area contributed by atoms with E-state index in [2.05, 4.69) is 31.1 Å². The number of likely N-dealkylation sites (tertiary alicyclic amines) is 1. The normalized spacial score (nSPS) is 26.5. The van der Waals surface area contributed by atoms with Gasteiger partial charge < -0.3 is 10.2 Å². The topological polar surface area (TPSA) is 15.3 Å². The van der Waals surface area contributed by atoms with Gasteiger partial charge in [-0.3, -0.25) is 0 Å². The van der Waals surface area contributed by atoms with E-state index in [4.69, 9.17) is 0 Å². The van der Waals surface area contributed by atoms with Gasteiger partial charge >= 0.3 is 0 Å². The second kappa shape index (κ2) is 5.61. The van der Waals surface area contributed by atoms with Gasteiger partial charge in [0.15, 0.2) is 0 Å². The molecule has 0 radical (unpaired) electrons. The fourth-order valence-electron chi connectivity index (χ4n) is 2.06. The van der Waals surface area contributed by atoms with E-state index >= 15 is 0 Å². The Balaban J connectivity index is 2.05. The fourth-order valence-corrected chi connectivity index (χ4v) is 2.06. The Labute approximate surface area is 82.7 Å². The van der Waals surface area contributed by atoms with Crippen molar-refractivity contribution in [3.8, 4) is 0 Å². The smallest absolute Gasteiger partial charge is 0.0207 e. The molecule has 0 spiro atoms. The molecular weight excluding hydrogens is 160 g/mol. The van der Waals surface area contributed by atoms with Gasteiger partial charge in [-0.2, -0.15) is 0 Å². The lowest BCUT2D eigenvalue weighted by Gasteiger charge is -2.16. The SMILES string of the molecule is CCC[C@@H](C)CN[C@H]1CCN(C)C1. The summed E-state index contributed by atoms with van der Waals surface area (Å²) >= 11 is 0. The highest BCUT2D eigenvalue weighted by Gasteiger charge is 2.18. The summed E-state index contributed by atoms with van der Waals surface area (Å²) in [6.07, 6.45) is 4.00. The summed E-state index contributed by atoms with van der Waals surface area (Å²) in [5.41, 5.74) is 0. The minimum absolute atomic E-state index is 0.754. The van der Waals surface area contributed by atoms with Crippen LogP contribution >= 0.6 is 0 Å². The lowest BCUT2D eigenvalue weighted by molar-refractivity contribution is 0.383. The van der Waals surface area contributed by atoms with Gasteiger partial charge in [0.05, 0.1) is 0 Å². The van der Waals surface area contributed by atoms with Crippen LogP contribution in [0.4, 0.5) is 0 Å². The molecule has 2 nitrogen and oxygen atoms in total. The zero-order valence-electron chi connectivity index (χ0n) is 9.34. The van der Waals surface area contributed by atoms with Gasteiger partial charge in [0.1, 0.15) is 0 Å². The highest BCUT2D eigenvalue weighted by molar-refractivity contribution is 4.79. The fraction of sp³-hybridized carbons (Fsp3) is 1.00. The molecule has 0 amide bonds. The minimum atomic E-state index is 0.754. The van der Waals surface area contributed by atoms with E-state index in [9.17, 15) is 0 Å². The Morgan fingerprint density at radius 1 is 1.54 bits per heavy atom. The average Bonchev–Trinajstić information content (AvgIpc) is 2.49. The summed E-state index contributed by atoms with van der Waals surface area (Å²) in [4.78, 5) is 2.40. The zero-order chi connectivity index (χ0) is 9.68. The maximum atomic E-state index is 3.65. The van der Waals surface area contributed by atoms with Crippen LogP contribution in [0.1, 0.15) is 33.1 Å². The molecule has 78 valence electrons. The number of nitrogens with zero attached hydrogens (tertiary/aromatic N) is 1. The first-order valence-electron chi connectivity index (χ1n) is 5.64. The molecule has 1 rings (SSSR count). The monoisotopic (exact) mass is 184 g/mol. The van der Waals surface area contributed by atoms with E-state index in [1.807, 2.05) is 0 Å². The van der Waals surface area contributed by atoms with Gasteiger partial charge in [-0.1, -0.05) is 20.3 Å². The molecule has 1 saturated heterocycles. The summed E-state index contributed by atoms with van der Waals surface area (Å²) < 4.78 is 0. The Kier molecular flexibility index (Phi) is 4.74. The van der Waals surface area contributed by atoms with E-state index in [1.165, 1.54) is 38.9 Å². The van der Waals surface area contributed by atoms with Gasteiger partial charge in [-0.05, 0) is 38.9 Å². The van der Waals surface area contributed by atoms with E-state index in [0.717, 1.165) is 12.0 Å². The Bertz CT molecular complexity index is 136. The molecule has 0 aromatic carbocycles. The molecule has 1 N–H and O–H groups in total. The van der Waals surface area contributed by atoms with Crippen molar-refractivity contribution in [2.45, 2.75) is 39.2 Å². The average molecular weight is 184 g/mol.